The number of methoxy groups -OCH3 is 1. The van der Waals surface area contributed by atoms with Gasteiger partial charge in [0.15, 0.2) is 5.82 Å². The molecule has 3 aromatic rings. The minimum atomic E-state index is 0.0608. The molecule has 1 aliphatic heterocycles. The third-order valence-electron chi connectivity index (χ3n) is 5.47. The van der Waals surface area contributed by atoms with Crippen LogP contribution in [0.25, 0.3) is 11.5 Å². The number of hydrogen-bond acceptors (Lipinski definition) is 5. The van der Waals surface area contributed by atoms with Crippen molar-refractivity contribution >= 4 is 5.91 Å². The van der Waals surface area contributed by atoms with Gasteiger partial charge in [-0.3, -0.25) is 4.79 Å². The van der Waals surface area contributed by atoms with E-state index in [0.717, 1.165) is 41.6 Å². The molecular weight excluding hydrogens is 366 g/mol. The Morgan fingerprint density at radius 3 is 2.83 bits per heavy atom. The van der Waals surface area contributed by atoms with Crippen LogP contribution < -0.4 is 4.74 Å². The van der Waals surface area contributed by atoms with Crippen LogP contribution in [-0.2, 0) is 0 Å². The van der Waals surface area contributed by atoms with Crippen LogP contribution in [0, 0.1) is 13.8 Å². The number of likely N-dealkylation sites (tertiary alicyclic amines) is 1. The van der Waals surface area contributed by atoms with Gasteiger partial charge in [0, 0.05) is 24.6 Å². The molecule has 0 N–H and O–H groups in total. The second-order valence-electron chi connectivity index (χ2n) is 7.57. The van der Waals surface area contributed by atoms with E-state index in [9.17, 15) is 4.79 Å². The first kappa shape index (κ1) is 19.2. The molecule has 0 aliphatic carbocycles. The fraction of sp³-hybridized carbons (Fsp3) is 0.348. The van der Waals surface area contributed by atoms with Crippen LogP contribution in [0.5, 0.6) is 5.75 Å². The Kier molecular flexibility index (Phi) is 5.34. The Hall–Kier alpha value is -3.15. The Labute approximate surface area is 170 Å². The highest BCUT2D eigenvalue weighted by Crippen LogP contribution is 2.31. The molecule has 0 spiro atoms. The Morgan fingerprint density at radius 1 is 1.21 bits per heavy atom. The Balaban J connectivity index is 1.53. The standard InChI is InChI=1S/C23H25N3O3/c1-15-10-11-18(16(2)13-15)23(27)26-12-6-7-17(14-26)21-24-22(29-25-21)19-8-4-5-9-20(19)28-3/h4-5,8-11,13,17H,6-7,12,14H2,1-3H3/t17-/m0/s1. The minimum absolute atomic E-state index is 0.0608. The van der Waals surface area contributed by atoms with Crippen LogP contribution in [-0.4, -0.2) is 41.1 Å². The van der Waals surface area contributed by atoms with Crippen LogP contribution in [0.2, 0.25) is 0 Å². The highest BCUT2D eigenvalue weighted by Gasteiger charge is 2.29. The molecule has 2 heterocycles. The summed E-state index contributed by atoms with van der Waals surface area (Å²) in [5, 5.41) is 4.21. The fourth-order valence-corrected chi connectivity index (χ4v) is 3.93. The molecule has 1 aromatic heterocycles. The predicted octanol–water partition coefficient (Wildman–Crippen LogP) is 4.38. The van der Waals surface area contributed by atoms with Gasteiger partial charge in [0.05, 0.1) is 12.7 Å². The van der Waals surface area contributed by atoms with E-state index < -0.39 is 0 Å². The largest absolute Gasteiger partial charge is 0.496 e. The second-order valence-corrected chi connectivity index (χ2v) is 7.57. The lowest BCUT2D eigenvalue weighted by Gasteiger charge is -2.31. The van der Waals surface area contributed by atoms with E-state index in [-0.39, 0.29) is 11.8 Å². The van der Waals surface area contributed by atoms with Gasteiger partial charge in [0.2, 0.25) is 0 Å². The maximum Gasteiger partial charge on any atom is 0.261 e. The molecule has 6 nitrogen and oxygen atoms in total. The monoisotopic (exact) mass is 391 g/mol. The van der Waals surface area contributed by atoms with E-state index in [1.165, 1.54) is 0 Å². The molecule has 2 aromatic carbocycles. The number of aryl methyl sites for hydroxylation is 2. The highest BCUT2D eigenvalue weighted by atomic mass is 16.5. The third-order valence-corrected chi connectivity index (χ3v) is 5.47. The summed E-state index contributed by atoms with van der Waals surface area (Å²) in [4.78, 5) is 19.6. The van der Waals surface area contributed by atoms with E-state index >= 15 is 0 Å². The normalized spacial score (nSPS) is 16.7. The molecule has 0 bridgehead atoms. The molecule has 150 valence electrons. The number of ether oxygens (including phenoxy) is 1. The van der Waals surface area contributed by atoms with Gasteiger partial charge in [-0.2, -0.15) is 4.98 Å². The van der Waals surface area contributed by atoms with Crippen molar-refractivity contribution in [2.75, 3.05) is 20.2 Å². The zero-order valence-electron chi connectivity index (χ0n) is 17.0. The summed E-state index contributed by atoms with van der Waals surface area (Å²) < 4.78 is 10.9. The summed E-state index contributed by atoms with van der Waals surface area (Å²) in [7, 11) is 1.62. The number of benzene rings is 2. The van der Waals surface area contributed by atoms with Crippen molar-refractivity contribution in [1.82, 2.24) is 15.0 Å². The molecule has 0 saturated carbocycles. The van der Waals surface area contributed by atoms with Crippen molar-refractivity contribution < 1.29 is 14.1 Å². The van der Waals surface area contributed by atoms with Crippen molar-refractivity contribution in [2.24, 2.45) is 0 Å². The zero-order valence-corrected chi connectivity index (χ0v) is 17.0. The van der Waals surface area contributed by atoms with Gasteiger partial charge in [-0.05, 0) is 50.5 Å². The lowest BCUT2D eigenvalue weighted by atomic mass is 9.96. The third kappa shape index (κ3) is 3.88. The molecule has 1 saturated heterocycles. The zero-order chi connectivity index (χ0) is 20.4. The summed E-state index contributed by atoms with van der Waals surface area (Å²) in [6.07, 6.45) is 1.85. The molecule has 29 heavy (non-hydrogen) atoms. The number of carbonyl (C=O) groups is 1. The number of nitrogens with zero attached hydrogens (tertiary/aromatic N) is 3. The van der Waals surface area contributed by atoms with E-state index in [2.05, 4.69) is 10.1 Å². The van der Waals surface area contributed by atoms with Gasteiger partial charge in [0.25, 0.3) is 11.8 Å². The molecule has 4 rings (SSSR count). The summed E-state index contributed by atoms with van der Waals surface area (Å²) in [6, 6.07) is 13.5. The summed E-state index contributed by atoms with van der Waals surface area (Å²) in [5.74, 6) is 1.91. The number of para-hydroxylation sites is 1. The Morgan fingerprint density at radius 2 is 2.03 bits per heavy atom. The first-order valence-electron chi connectivity index (χ1n) is 9.90. The summed E-state index contributed by atoms with van der Waals surface area (Å²) in [5.41, 5.74) is 3.70. The summed E-state index contributed by atoms with van der Waals surface area (Å²) in [6.45, 7) is 5.37. The van der Waals surface area contributed by atoms with Crippen molar-refractivity contribution in [3.8, 4) is 17.2 Å². The van der Waals surface area contributed by atoms with Gasteiger partial charge in [0.1, 0.15) is 5.75 Å². The number of piperidine rings is 1. The second kappa shape index (κ2) is 8.07. The van der Waals surface area contributed by atoms with Crippen LogP contribution >= 0.6 is 0 Å². The molecule has 1 amide bonds. The SMILES string of the molecule is COc1ccccc1-c1nc([C@H]2CCCN(C(=O)c3ccc(C)cc3C)C2)no1. The van der Waals surface area contributed by atoms with E-state index in [1.807, 2.05) is 61.2 Å². The quantitative estimate of drug-likeness (QED) is 0.660. The highest BCUT2D eigenvalue weighted by molar-refractivity contribution is 5.95. The van der Waals surface area contributed by atoms with Crippen LogP contribution in [0.3, 0.4) is 0 Å². The van der Waals surface area contributed by atoms with Crippen molar-refractivity contribution in [3.63, 3.8) is 0 Å². The van der Waals surface area contributed by atoms with Crippen LogP contribution in [0.4, 0.5) is 0 Å². The Bertz CT molecular complexity index is 1030. The fourth-order valence-electron chi connectivity index (χ4n) is 3.93. The van der Waals surface area contributed by atoms with Crippen molar-refractivity contribution in [1.29, 1.82) is 0 Å². The molecule has 0 unspecified atom stereocenters. The lowest BCUT2D eigenvalue weighted by molar-refractivity contribution is 0.0703. The van der Waals surface area contributed by atoms with Gasteiger partial charge >= 0.3 is 0 Å². The first-order chi connectivity index (χ1) is 14.1. The van der Waals surface area contributed by atoms with E-state index in [4.69, 9.17) is 9.26 Å². The van der Waals surface area contributed by atoms with Crippen LogP contribution in [0.1, 0.15) is 46.1 Å². The smallest absolute Gasteiger partial charge is 0.261 e. The average Bonchev–Trinajstić information content (AvgIpc) is 3.23. The molecule has 6 heteroatoms. The summed E-state index contributed by atoms with van der Waals surface area (Å²) >= 11 is 0. The lowest BCUT2D eigenvalue weighted by Crippen LogP contribution is -2.39. The van der Waals surface area contributed by atoms with Crippen molar-refractivity contribution in [2.45, 2.75) is 32.6 Å². The molecular formula is C23H25N3O3. The van der Waals surface area contributed by atoms with Gasteiger partial charge in [-0.1, -0.05) is 35.0 Å². The maximum absolute atomic E-state index is 13.1. The van der Waals surface area contributed by atoms with Gasteiger partial charge < -0.3 is 14.2 Å². The average molecular weight is 391 g/mol. The molecule has 0 radical (unpaired) electrons. The van der Waals surface area contributed by atoms with Crippen LogP contribution in [0.15, 0.2) is 47.0 Å². The maximum atomic E-state index is 13.1. The van der Waals surface area contributed by atoms with Crippen molar-refractivity contribution in [3.05, 3.63) is 65.0 Å². The minimum Gasteiger partial charge on any atom is -0.496 e. The molecule has 1 atom stereocenters. The number of hydrogen-bond donors (Lipinski definition) is 0. The topological polar surface area (TPSA) is 68.5 Å². The number of carbonyl (C=O) groups excluding carboxylic acids is 1. The predicted molar refractivity (Wildman–Crippen MR) is 110 cm³/mol. The first-order valence-corrected chi connectivity index (χ1v) is 9.90. The van der Waals surface area contributed by atoms with Gasteiger partial charge in [-0.25, -0.2) is 0 Å². The molecule has 1 fully saturated rings. The number of rotatable bonds is 4. The van der Waals surface area contributed by atoms with E-state index in [0.29, 0.717) is 24.0 Å². The number of amides is 1. The molecule has 1 aliphatic rings. The van der Waals surface area contributed by atoms with Gasteiger partial charge in [-0.15, -0.1) is 0 Å². The van der Waals surface area contributed by atoms with E-state index in [1.54, 1.807) is 7.11 Å². The number of aromatic nitrogens is 2.